The summed E-state index contributed by atoms with van der Waals surface area (Å²) < 4.78 is 13.6. The number of aromatic amines is 1. The molecular weight excluding hydrogens is 211 g/mol. The number of fused-ring (bicyclic) bond motifs is 1. The second-order valence-electron chi connectivity index (χ2n) is 2.18. The fraction of sp³-hybridized carbons (Fsp3) is 0. The van der Waals surface area contributed by atoms with Crippen molar-refractivity contribution in [3.63, 3.8) is 0 Å². The first kappa shape index (κ1) is 6.79. The Kier molecular flexibility index (Phi) is 1.42. The van der Waals surface area contributed by atoms with Crippen LogP contribution in [0.4, 0.5) is 4.39 Å². The molecule has 2 aromatic heterocycles. The van der Waals surface area contributed by atoms with Gasteiger partial charge in [0, 0.05) is 18.6 Å². The third kappa shape index (κ3) is 0.939. The van der Waals surface area contributed by atoms with Crippen molar-refractivity contribution >= 4 is 26.8 Å². The highest BCUT2D eigenvalue weighted by molar-refractivity contribution is 9.10. The summed E-state index contributed by atoms with van der Waals surface area (Å²) in [5, 5.41) is 0.513. The summed E-state index contributed by atoms with van der Waals surface area (Å²) >= 11 is 3.25. The lowest BCUT2D eigenvalue weighted by Crippen LogP contribution is -1.74. The van der Waals surface area contributed by atoms with Crippen molar-refractivity contribution in [1.82, 2.24) is 9.97 Å². The van der Waals surface area contributed by atoms with Crippen molar-refractivity contribution in [2.45, 2.75) is 0 Å². The number of aromatic nitrogens is 2. The number of hydrogen-bond donors (Lipinski definition) is 1. The SMILES string of the molecule is Fc1c[nH]c2c(Br)cncc12. The van der Waals surface area contributed by atoms with E-state index in [1.165, 1.54) is 12.4 Å². The van der Waals surface area contributed by atoms with Crippen LogP contribution in [0.5, 0.6) is 0 Å². The van der Waals surface area contributed by atoms with Gasteiger partial charge < -0.3 is 4.98 Å². The minimum Gasteiger partial charge on any atom is -0.358 e. The quantitative estimate of drug-likeness (QED) is 0.718. The van der Waals surface area contributed by atoms with Crippen molar-refractivity contribution in [2.24, 2.45) is 0 Å². The molecule has 2 aromatic rings. The minimum absolute atomic E-state index is 0.270. The lowest BCUT2D eigenvalue weighted by molar-refractivity contribution is 0.639. The van der Waals surface area contributed by atoms with Crippen LogP contribution < -0.4 is 0 Å². The Morgan fingerprint density at radius 3 is 3.00 bits per heavy atom. The van der Waals surface area contributed by atoms with Gasteiger partial charge in [-0.15, -0.1) is 0 Å². The summed E-state index contributed by atoms with van der Waals surface area (Å²) in [5.74, 6) is -0.270. The van der Waals surface area contributed by atoms with Crippen LogP contribution in [-0.4, -0.2) is 9.97 Å². The highest BCUT2D eigenvalue weighted by Gasteiger charge is 2.04. The number of rotatable bonds is 0. The van der Waals surface area contributed by atoms with E-state index in [1.54, 1.807) is 6.20 Å². The van der Waals surface area contributed by atoms with Crippen molar-refractivity contribution in [2.75, 3.05) is 0 Å². The Morgan fingerprint density at radius 2 is 2.27 bits per heavy atom. The van der Waals surface area contributed by atoms with Crippen LogP contribution in [0.2, 0.25) is 0 Å². The molecule has 2 heterocycles. The molecule has 2 nitrogen and oxygen atoms in total. The van der Waals surface area contributed by atoms with Gasteiger partial charge >= 0.3 is 0 Å². The first-order valence-electron chi connectivity index (χ1n) is 3.05. The van der Waals surface area contributed by atoms with Gasteiger partial charge in [0.25, 0.3) is 0 Å². The standard InChI is InChI=1S/C7H4BrFN2/c8-5-2-10-1-4-6(9)3-11-7(4)5/h1-3,11H. The highest BCUT2D eigenvalue weighted by atomic mass is 79.9. The molecule has 4 heteroatoms. The zero-order valence-electron chi connectivity index (χ0n) is 5.44. The first-order valence-corrected chi connectivity index (χ1v) is 3.84. The summed E-state index contributed by atoms with van der Waals surface area (Å²) in [5.41, 5.74) is 0.748. The smallest absolute Gasteiger partial charge is 0.150 e. The second kappa shape index (κ2) is 2.30. The molecule has 0 aliphatic carbocycles. The van der Waals surface area contributed by atoms with Crippen LogP contribution in [-0.2, 0) is 0 Å². The Bertz CT molecular complexity index is 396. The van der Waals surface area contributed by atoms with E-state index in [2.05, 4.69) is 25.9 Å². The van der Waals surface area contributed by atoms with E-state index in [0.29, 0.717) is 5.39 Å². The number of halogens is 2. The third-order valence-corrected chi connectivity index (χ3v) is 2.10. The van der Waals surface area contributed by atoms with Crippen molar-refractivity contribution in [1.29, 1.82) is 0 Å². The molecule has 0 saturated carbocycles. The topological polar surface area (TPSA) is 28.7 Å². The van der Waals surface area contributed by atoms with E-state index >= 15 is 0 Å². The Balaban J connectivity index is 2.94. The summed E-state index contributed by atoms with van der Waals surface area (Å²) in [4.78, 5) is 6.63. The molecule has 1 N–H and O–H groups in total. The zero-order chi connectivity index (χ0) is 7.84. The lowest BCUT2D eigenvalue weighted by Gasteiger charge is -1.90. The third-order valence-electron chi connectivity index (χ3n) is 1.50. The van der Waals surface area contributed by atoms with Gasteiger partial charge in [0.2, 0.25) is 0 Å². The monoisotopic (exact) mass is 214 g/mol. The minimum atomic E-state index is -0.270. The number of hydrogen-bond acceptors (Lipinski definition) is 1. The second-order valence-corrected chi connectivity index (χ2v) is 3.03. The van der Waals surface area contributed by atoms with Crippen LogP contribution in [0.15, 0.2) is 23.1 Å². The summed E-state index contributed by atoms with van der Waals surface area (Å²) in [7, 11) is 0. The fourth-order valence-electron chi connectivity index (χ4n) is 0.976. The van der Waals surface area contributed by atoms with Crippen LogP contribution in [0, 0.1) is 5.82 Å². The number of nitrogens with zero attached hydrogens (tertiary/aromatic N) is 1. The Hall–Kier alpha value is -0.900. The molecule has 2 rings (SSSR count). The van der Waals surface area contributed by atoms with E-state index in [4.69, 9.17) is 0 Å². The molecule has 0 aromatic carbocycles. The van der Waals surface area contributed by atoms with Gasteiger partial charge in [-0.3, -0.25) is 4.98 Å². The highest BCUT2D eigenvalue weighted by Crippen LogP contribution is 2.22. The number of H-pyrrole nitrogens is 1. The average molecular weight is 215 g/mol. The van der Waals surface area contributed by atoms with E-state index in [1.807, 2.05) is 0 Å². The van der Waals surface area contributed by atoms with Crippen molar-refractivity contribution in [3.05, 3.63) is 28.9 Å². The summed E-state index contributed by atoms with van der Waals surface area (Å²) in [6.07, 6.45) is 4.43. The molecule has 0 saturated heterocycles. The molecule has 0 aliphatic heterocycles. The van der Waals surface area contributed by atoms with Gasteiger partial charge in [0.15, 0.2) is 0 Å². The van der Waals surface area contributed by atoms with E-state index in [0.717, 1.165) is 9.99 Å². The van der Waals surface area contributed by atoms with E-state index in [-0.39, 0.29) is 5.82 Å². The normalized spacial score (nSPS) is 10.7. The van der Waals surface area contributed by atoms with Crippen molar-refractivity contribution in [3.8, 4) is 0 Å². The van der Waals surface area contributed by atoms with Crippen LogP contribution in [0.3, 0.4) is 0 Å². The molecule has 0 fully saturated rings. The van der Waals surface area contributed by atoms with Gasteiger partial charge in [-0.2, -0.15) is 0 Å². The molecule has 0 atom stereocenters. The maximum atomic E-state index is 12.8. The van der Waals surface area contributed by atoms with Crippen molar-refractivity contribution < 1.29 is 4.39 Å². The van der Waals surface area contributed by atoms with Gasteiger partial charge in [-0.05, 0) is 15.9 Å². The summed E-state index contributed by atoms with van der Waals surface area (Å²) in [6, 6.07) is 0. The van der Waals surface area contributed by atoms with Gasteiger partial charge in [-0.1, -0.05) is 0 Å². The first-order chi connectivity index (χ1) is 5.29. The molecule has 0 bridgehead atoms. The molecule has 11 heavy (non-hydrogen) atoms. The molecular formula is C7H4BrFN2. The molecule has 0 radical (unpaired) electrons. The Morgan fingerprint density at radius 1 is 1.45 bits per heavy atom. The lowest BCUT2D eigenvalue weighted by atomic mass is 10.3. The molecule has 0 spiro atoms. The summed E-state index contributed by atoms with van der Waals surface area (Å²) in [6.45, 7) is 0. The zero-order valence-corrected chi connectivity index (χ0v) is 7.02. The van der Waals surface area contributed by atoms with Crippen LogP contribution in [0.1, 0.15) is 0 Å². The van der Waals surface area contributed by atoms with Gasteiger partial charge in [0.1, 0.15) is 5.82 Å². The Labute approximate surface area is 70.6 Å². The largest absolute Gasteiger partial charge is 0.358 e. The van der Waals surface area contributed by atoms with Gasteiger partial charge in [0.05, 0.1) is 15.4 Å². The predicted octanol–water partition coefficient (Wildman–Crippen LogP) is 2.46. The number of pyridine rings is 1. The fourth-order valence-corrected chi connectivity index (χ4v) is 1.42. The van der Waals surface area contributed by atoms with Crippen LogP contribution >= 0.6 is 15.9 Å². The number of nitrogens with one attached hydrogen (secondary N) is 1. The maximum Gasteiger partial charge on any atom is 0.150 e. The van der Waals surface area contributed by atoms with E-state index in [9.17, 15) is 4.39 Å². The molecule has 0 aliphatic rings. The molecule has 56 valence electrons. The maximum absolute atomic E-state index is 12.8. The van der Waals surface area contributed by atoms with Crippen LogP contribution in [0.25, 0.3) is 10.9 Å². The predicted molar refractivity (Wildman–Crippen MR) is 43.8 cm³/mol. The molecule has 0 amide bonds. The molecule has 0 unspecified atom stereocenters. The van der Waals surface area contributed by atoms with E-state index < -0.39 is 0 Å². The van der Waals surface area contributed by atoms with Gasteiger partial charge in [-0.25, -0.2) is 4.39 Å². The average Bonchev–Trinajstić information content (AvgIpc) is 2.35.